The number of benzene rings is 2. The number of carbonyl (C=O) groups excluding carboxylic acids is 2. The Morgan fingerprint density at radius 3 is 2.63 bits per heavy atom. The quantitative estimate of drug-likeness (QED) is 0.471. The standard InChI is InChI=1S/C28H27ClN6O3/c1-3-38-25(36)19-6-9-22(10-7-19)35-26(37)28(18(2)32-35)16-20-5-8-21(29)15-23(20)34-14-13-33(17-24(28)34)27-30-11-4-12-31-27/h4-12,15,24H,3,13-14,16-17H2,1-2H3/t24-,28-/m1/s1. The molecule has 0 N–H and O–H groups in total. The van der Waals surface area contributed by atoms with Crippen molar-refractivity contribution >= 4 is 46.5 Å². The maximum absolute atomic E-state index is 14.4. The van der Waals surface area contributed by atoms with Crippen molar-refractivity contribution in [3.8, 4) is 0 Å². The van der Waals surface area contributed by atoms with E-state index in [0.717, 1.165) is 17.0 Å². The van der Waals surface area contributed by atoms with Gasteiger partial charge < -0.3 is 14.5 Å². The fraction of sp³-hybridized carbons (Fsp3) is 0.321. The molecule has 3 aromatic rings. The van der Waals surface area contributed by atoms with Crippen LogP contribution in [0.2, 0.25) is 5.02 Å². The molecule has 10 heteroatoms. The zero-order chi connectivity index (χ0) is 26.4. The molecule has 0 bridgehead atoms. The van der Waals surface area contributed by atoms with Gasteiger partial charge >= 0.3 is 5.97 Å². The summed E-state index contributed by atoms with van der Waals surface area (Å²) in [6.45, 7) is 5.96. The summed E-state index contributed by atoms with van der Waals surface area (Å²) in [5.41, 5.74) is 3.03. The van der Waals surface area contributed by atoms with Crippen LogP contribution in [0, 0.1) is 5.41 Å². The fourth-order valence-electron chi connectivity index (χ4n) is 5.85. The Hall–Kier alpha value is -3.98. The number of fused-ring (bicyclic) bond motifs is 4. The molecule has 0 saturated carbocycles. The van der Waals surface area contributed by atoms with Crippen LogP contribution in [0.4, 0.5) is 17.3 Å². The van der Waals surface area contributed by atoms with Gasteiger partial charge in [-0.3, -0.25) is 4.79 Å². The molecule has 1 fully saturated rings. The van der Waals surface area contributed by atoms with Crippen molar-refractivity contribution < 1.29 is 14.3 Å². The van der Waals surface area contributed by atoms with Crippen molar-refractivity contribution in [2.24, 2.45) is 10.5 Å². The molecule has 1 aromatic heterocycles. The third kappa shape index (κ3) is 3.80. The van der Waals surface area contributed by atoms with Crippen LogP contribution in [-0.4, -0.2) is 59.8 Å². The summed E-state index contributed by atoms with van der Waals surface area (Å²) >= 11 is 6.41. The number of rotatable bonds is 4. The molecule has 0 aliphatic carbocycles. The molecule has 9 nitrogen and oxygen atoms in total. The number of hydrazone groups is 1. The van der Waals surface area contributed by atoms with Crippen LogP contribution < -0.4 is 14.8 Å². The highest BCUT2D eigenvalue weighted by Gasteiger charge is 2.60. The Kier molecular flexibility index (Phi) is 6.03. The Morgan fingerprint density at radius 1 is 1.13 bits per heavy atom. The van der Waals surface area contributed by atoms with E-state index in [9.17, 15) is 9.59 Å². The van der Waals surface area contributed by atoms with Gasteiger partial charge in [0.05, 0.1) is 29.6 Å². The predicted octanol–water partition coefficient (Wildman–Crippen LogP) is 3.97. The zero-order valence-electron chi connectivity index (χ0n) is 21.2. The van der Waals surface area contributed by atoms with E-state index in [1.807, 2.05) is 25.1 Å². The minimum Gasteiger partial charge on any atom is -0.462 e. The second-order valence-corrected chi connectivity index (χ2v) is 10.1. The minimum atomic E-state index is -0.881. The second kappa shape index (κ2) is 9.40. The molecule has 1 amide bonds. The number of hydrogen-bond acceptors (Lipinski definition) is 8. The largest absolute Gasteiger partial charge is 0.462 e. The van der Waals surface area contributed by atoms with Crippen LogP contribution in [0.25, 0.3) is 0 Å². The van der Waals surface area contributed by atoms with Gasteiger partial charge in [0.2, 0.25) is 5.95 Å². The van der Waals surface area contributed by atoms with Gasteiger partial charge in [-0.1, -0.05) is 17.7 Å². The summed E-state index contributed by atoms with van der Waals surface area (Å²) in [7, 11) is 0. The summed E-state index contributed by atoms with van der Waals surface area (Å²) in [4.78, 5) is 39.9. The number of amides is 1. The molecule has 1 saturated heterocycles. The highest BCUT2D eigenvalue weighted by molar-refractivity contribution is 6.31. The average Bonchev–Trinajstić information content (AvgIpc) is 3.19. The highest BCUT2D eigenvalue weighted by atomic mass is 35.5. The van der Waals surface area contributed by atoms with Gasteiger partial charge in [-0.25, -0.2) is 14.8 Å². The van der Waals surface area contributed by atoms with Crippen molar-refractivity contribution in [1.29, 1.82) is 0 Å². The van der Waals surface area contributed by atoms with E-state index in [1.165, 1.54) is 5.01 Å². The van der Waals surface area contributed by atoms with Crippen molar-refractivity contribution in [3.05, 3.63) is 77.1 Å². The lowest BCUT2D eigenvalue weighted by molar-refractivity contribution is -0.125. The van der Waals surface area contributed by atoms with Crippen LogP contribution in [0.3, 0.4) is 0 Å². The van der Waals surface area contributed by atoms with Crippen molar-refractivity contribution in [2.45, 2.75) is 26.3 Å². The SMILES string of the molecule is CCOC(=O)c1ccc(N2N=C(C)[C@@]3(Cc4ccc(Cl)cc4N4CCN(c5ncccn5)C[C@@H]43)C2=O)cc1. The lowest BCUT2D eigenvalue weighted by Gasteiger charge is -2.53. The van der Waals surface area contributed by atoms with Crippen molar-refractivity contribution in [2.75, 3.05) is 41.0 Å². The number of esters is 1. The van der Waals surface area contributed by atoms with Gasteiger partial charge in [-0.15, -0.1) is 0 Å². The molecule has 2 atom stereocenters. The summed E-state index contributed by atoms with van der Waals surface area (Å²) in [6.07, 6.45) is 3.97. The van der Waals surface area contributed by atoms with Crippen molar-refractivity contribution in [3.63, 3.8) is 0 Å². The first-order valence-corrected chi connectivity index (χ1v) is 13.0. The maximum atomic E-state index is 14.4. The normalized spacial score (nSPS) is 22.3. The van der Waals surface area contributed by atoms with E-state index in [1.54, 1.807) is 49.6 Å². The topological polar surface area (TPSA) is 91.2 Å². The van der Waals surface area contributed by atoms with Crippen LogP contribution in [0.1, 0.15) is 29.8 Å². The number of piperazine rings is 1. The molecule has 3 aliphatic rings. The third-order valence-electron chi connectivity index (χ3n) is 7.70. The van der Waals surface area contributed by atoms with Crippen LogP contribution in [-0.2, 0) is 16.0 Å². The van der Waals surface area contributed by atoms with Crippen LogP contribution in [0.5, 0.6) is 0 Å². The number of hydrogen-bond donors (Lipinski definition) is 0. The first-order valence-electron chi connectivity index (χ1n) is 12.7. The number of ether oxygens (including phenoxy) is 1. The first kappa shape index (κ1) is 24.4. The van der Waals surface area contributed by atoms with Gasteiger partial charge in [0.15, 0.2) is 0 Å². The van der Waals surface area contributed by atoms with Gasteiger partial charge in [-0.05, 0) is 68.3 Å². The Bertz CT molecular complexity index is 1430. The number of aromatic nitrogens is 2. The van der Waals surface area contributed by atoms with Crippen molar-refractivity contribution in [1.82, 2.24) is 9.97 Å². The van der Waals surface area contributed by atoms with E-state index >= 15 is 0 Å². The van der Waals surface area contributed by atoms with Gasteiger partial charge in [0.1, 0.15) is 5.41 Å². The second-order valence-electron chi connectivity index (χ2n) is 9.69. The fourth-order valence-corrected chi connectivity index (χ4v) is 6.01. The molecule has 0 unspecified atom stereocenters. The van der Waals surface area contributed by atoms with Gasteiger partial charge in [0, 0.05) is 42.7 Å². The third-order valence-corrected chi connectivity index (χ3v) is 7.94. The monoisotopic (exact) mass is 530 g/mol. The number of halogens is 1. The van der Waals surface area contributed by atoms with E-state index in [-0.39, 0.29) is 11.9 Å². The lowest BCUT2D eigenvalue weighted by atomic mass is 9.67. The number of nitrogens with zero attached hydrogens (tertiary/aromatic N) is 6. The predicted molar refractivity (Wildman–Crippen MR) is 146 cm³/mol. The van der Waals surface area contributed by atoms with E-state index in [2.05, 4.69) is 19.8 Å². The number of anilines is 3. The molecule has 1 spiro atoms. The number of carbonyl (C=O) groups is 2. The lowest BCUT2D eigenvalue weighted by Crippen LogP contribution is -2.67. The molecule has 3 aliphatic heterocycles. The summed E-state index contributed by atoms with van der Waals surface area (Å²) in [5.74, 6) is 0.155. The molecular formula is C28H27ClN6O3. The summed E-state index contributed by atoms with van der Waals surface area (Å²) < 4.78 is 5.09. The zero-order valence-corrected chi connectivity index (χ0v) is 21.9. The van der Waals surface area contributed by atoms with E-state index < -0.39 is 11.4 Å². The highest BCUT2D eigenvalue weighted by Crippen LogP contribution is 2.48. The molecule has 194 valence electrons. The molecule has 38 heavy (non-hydrogen) atoms. The van der Waals surface area contributed by atoms with Gasteiger partial charge in [-0.2, -0.15) is 10.1 Å². The molecular weight excluding hydrogens is 504 g/mol. The smallest absolute Gasteiger partial charge is 0.338 e. The first-order chi connectivity index (χ1) is 18.4. The van der Waals surface area contributed by atoms with Crippen LogP contribution in [0.15, 0.2) is 66.0 Å². The molecule has 4 heterocycles. The Balaban J connectivity index is 1.39. The molecule has 0 radical (unpaired) electrons. The van der Waals surface area contributed by atoms with E-state index in [4.69, 9.17) is 21.4 Å². The summed E-state index contributed by atoms with van der Waals surface area (Å²) in [5, 5.41) is 6.93. The minimum absolute atomic E-state index is 0.0923. The summed E-state index contributed by atoms with van der Waals surface area (Å²) in [6, 6.07) is 14.3. The van der Waals surface area contributed by atoms with Gasteiger partial charge in [0.25, 0.3) is 5.91 Å². The maximum Gasteiger partial charge on any atom is 0.338 e. The Morgan fingerprint density at radius 2 is 1.89 bits per heavy atom. The molecule has 2 aromatic carbocycles. The molecule has 6 rings (SSSR count). The Labute approximate surface area is 225 Å². The average molecular weight is 531 g/mol. The van der Waals surface area contributed by atoms with Crippen LogP contribution >= 0.6 is 11.6 Å². The van der Waals surface area contributed by atoms with E-state index in [0.29, 0.717) is 54.9 Å².